The van der Waals surface area contributed by atoms with Crippen LogP contribution >= 0.6 is 0 Å². The fraction of sp³-hybridized carbons (Fsp3) is 0.161. The fourth-order valence-electron chi connectivity index (χ4n) is 4.31. The van der Waals surface area contributed by atoms with Crippen molar-refractivity contribution in [1.29, 1.82) is 0 Å². The second-order valence-electron chi connectivity index (χ2n) is 8.56. The van der Waals surface area contributed by atoms with Crippen molar-refractivity contribution < 1.29 is 0 Å². The molecule has 0 radical (unpaired) electrons. The van der Waals surface area contributed by atoms with E-state index in [1.807, 2.05) is 37.3 Å². The van der Waals surface area contributed by atoms with E-state index in [4.69, 9.17) is 10.7 Å². The summed E-state index contributed by atoms with van der Waals surface area (Å²) in [4.78, 5) is 11.4. The van der Waals surface area contributed by atoms with Gasteiger partial charge in [-0.05, 0) is 43.0 Å². The second kappa shape index (κ2) is 12.4. The van der Waals surface area contributed by atoms with Gasteiger partial charge in [0.25, 0.3) is 0 Å². The molecule has 3 N–H and O–H groups in total. The molecule has 2 aliphatic heterocycles. The van der Waals surface area contributed by atoms with Crippen molar-refractivity contribution in [3.8, 4) is 0 Å². The lowest BCUT2D eigenvalue weighted by Gasteiger charge is -2.24. The molecule has 0 saturated carbocycles. The highest BCUT2D eigenvalue weighted by atomic mass is 15.2. The number of nitrogens with two attached hydrogens (primary N) is 1. The van der Waals surface area contributed by atoms with E-state index in [-0.39, 0.29) is 6.04 Å². The molecule has 2 aromatic carbocycles. The van der Waals surface area contributed by atoms with E-state index in [1.165, 1.54) is 0 Å². The highest BCUT2D eigenvalue weighted by Gasteiger charge is 2.17. The Hall–Kier alpha value is -4.38. The molecular formula is C31H33N5. The van der Waals surface area contributed by atoms with E-state index < -0.39 is 0 Å². The van der Waals surface area contributed by atoms with E-state index in [1.54, 1.807) is 6.20 Å². The number of allylic oxidation sites excluding steroid dienone is 6. The fourth-order valence-corrected chi connectivity index (χ4v) is 4.31. The van der Waals surface area contributed by atoms with Gasteiger partial charge in [0.1, 0.15) is 6.67 Å². The molecule has 2 heterocycles. The number of dihydropyridines is 1. The SMILES string of the molecule is C=NCc1ccccc1C(=NCN1C=CC=CC1)c1cccc(C2C=CC=C(C(/C=C\C)=C/N)N2)c1. The summed E-state index contributed by atoms with van der Waals surface area (Å²) >= 11 is 0. The molecule has 1 atom stereocenters. The third kappa shape index (κ3) is 5.99. The average molecular weight is 476 g/mol. The molecule has 0 saturated heterocycles. The largest absolute Gasteiger partial charge is 0.404 e. The lowest BCUT2D eigenvalue weighted by Crippen LogP contribution is -2.23. The summed E-state index contributed by atoms with van der Waals surface area (Å²) < 4.78 is 0. The molecule has 182 valence electrons. The minimum atomic E-state index is 0.0201. The maximum Gasteiger partial charge on any atom is 0.110 e. The first-order valence-corrected chi connectivity index (χ1v) is 12.2. The van der Waals surface area contributed by atoms with Gasteiger partial charge >= 0.3 is 0 Å². The van der Waals surface area contributed by atoms with Gasteiger partial charge in [-0.3, -0.25) is 9.98 Å². The van der Waals surface area contributed by atoms with Crippen LogP contribution < -0.4 is 11.1 Å². The molecule has 5 heteroatoms. The zero-order valence-electron chi connectivity index (χ0n) is 20.7. The van der Waals surface area contributed by atoms with Gasteiger partial charge in [0.05, 0.1) is 18.3 Å². The summed E-state index contributed by atoms with van der Waals surface area (Å²) in [5, 5.41) is 3.61. The van der Waals surface area contributed by atoms with Gasteiger partial charge in [0.15, 0.2) is 0 Å². The van der Waals surface area contributed by atoms with Crippen LogP contribution in [0, 0.1) is 0 Å². The first-order valence-electron chi connectivity index (χ1n) is 12.2. The monoisotopic (exact) mass is 475 g/mol. The zero-order valence-corrected chi connectivity index (χ0v) is 20.7. The Labute approximate surface area is 214 Å². The lowest BCUT2D eigenvalue weighted by molar-refractivity contribution is 0.427. The number of rotatable bonds is 9. The third-order valence-electron chi connectivity index (χ3n) is 6.08. The molecule has 4 rings (SSSR count). The molecule has 2 aromatic rings. The van der Waals surface area contributed by atoms with Crippen LogP contribution in [0.2, 0.25) is 0 Å². The normalized spacial score (nSPS) is 17.9. The first kappa shape index (κ1) is 24.7. The summed E-state index contributed by atoms with van der Waals surface area (Å²) in [6, 6.07) is 16.9. The van der Waals surface area contributed by atoms with Crippen LogP contribution in [0.15, 0.2) is 131 Å². The number of hydrogen-bond donors (Lipinski definition) is 2. The third-order valence-corrected chi connectivity index (χ3v) is 6.08. The number of aliphatic imine (C=N–C) groups is 2. The summed E-state index contributed by atoms with van der Waals surface area (Å²) in [7, 11) is 0. The highest BCUT2D eigenvalue weighted by Crippen LogP contribution is 2.25. The summed E-state index contributed by atoms with van der Waals surface area (Å²) in [6.07, 6.45) is 20.2. The van der Waals surface area contributed by atoms with Crippen molar-refractivity contribution in [3.63, 3.8) is 0 Å². The summed E-state index contributed by atoms with van der Waals surface area (Å²) in [6.45, 7) is 7.65. The lowest BCUT2D eigenvalue weighted by atomic mass is 9.94. The van der Waals surface area contributed by atoms with Crippen LogP contribution in [0.5, 0.6) is 0 Å². The van der Waals surface area contributed by atoms with Gasteiger partial charge in [-0.15, -0.1) is 0 Å². The molecule has 0 fully saturated rings. The van der Waals surface area contributed by atoms with E-state index in [9.17, 15) is 0 Å². The number of nitrogens with one attached hydrogen (secondary N) is 1. The molecule has 2 aliphatic rings. The van der Waals surface area contributed by atoms with E-state index in [2.05, 4.69) is 94.9 Å². The van der Waals surface area contributed by atoms with Crippen molar-refractivity contribution in [1.82, 2.24) is 10.2 Å². The van der Waals surface area contributed by atoms with Crippen molar-refractivity contribution in [3.05, 3.63) is 143 Å². The average Bonchev–Trinajstić information content (AvgIpc) is 2.93. The predicted octanol–water partition coefficient (Wildman–Crippen LogP) is 5.57. The van der Waals surface area contributed by atoms with Crippen LogP contribution in [0.3, 0.4) is 0 Å². The Balaban J connectivity index is 1.69. The van der Waals surface area contributed by atoms with Crippen LogP contribution in [0.1, 0.15) is 35.2 Å². The predicted molar refractivity (Wildman–Crippen MR) is 152 cm³/mol. The van der Waals surface area contributed by atoms with E-state index >= 15 is 0 Å². The molecule has 0 spiro atoms. The van der Waals surface area contributed by atoms with E-state index in [0.717, 1.165) is 45.8 Å². The molecule has 36 heavy (non-hydrogen) atoms. The van der Waals surface area contributed by atoms with Crippen LogP contribution in [0.4, 0.5) is 0 Å². The minimum Gasteiger partial charge on any atom is -0.404 e. The van der Waals surface area contributed by atoms with E-state index in [0.29, 0.717) is 13.2 Å². The van der Waals surface area contributed by atoms with Gasteiger partial charge in [0.2, 0.25) is 0 Å². The van der Waals surface area contributed by atoms with Gasteiger partial charge < -0.3 is 16.0 Å². The quantitative estimate of drug-likeness (QED) is 0.368. The van der Waals surface area contributed by atoms with Gasteiger partial charge in [-0.1, -0.05) is 78.9 Å². The summed E-state index contributed by atoms with van der Waals surface area (Å²) in [5.74, 6) is 0. The standard InChI is InChI=1S/C31H33N5/c1-3-11-26(21-32)30-17-10-16-29(35-30)24-13-9-14-25(20-24)31(34-23-36-18-7-4-8-19-36)28-15-6-5-12-27(28)22-33-2/h3-18,20-21,29,35H,2,19,22-23,32H2,1H3/b11-3-,26-21+,34-31?. The maximum absolute atomic E-state index is 5.88. The number of hydrogen-bond acceptors (Lipinski definition) is 5. The van der Waals surface area contributed by atoms with Gasteiger partial charge in [0, 0.05) is 41.3 Å². The Bertz CT molecular complexity index is 1290. The molecule has 0 bridgehead atoms. The van der Waals surface area contributed by atoms with Crippen molar-refractivity contribution in [2.45, 2.75) is 19.5 Å². The van der Waals surface area contributed by atoms with Crippen molar-refractivity contribution in [2.24, 2.45) is 15.7 Å². The molecule has 1 unspecified atom stereocenters. The second-order valence-corrected chi connectivity index (χ2v) is 8.56. The smallest absolute Gasteiger partial charge is 0.110 e. The van der Waals surface area contributed by atoms with Crippen molar-refractivity contribution in [2.75, 3.05) is 13.2 Å². The van der Waals surface area contributed by atoms with Crippen LogP contribution in [0.25, 0.3) is 0 Å². The highest BCUT2D eigenvalue weighted by molar-refractivity contribution is 6.13. The maximum atomic E-state index is 5.88. The molecule has 0 aliphatic carbocycles. The Kier molecular flexibility index (Phi) is 8.49. The molecule has 0 amide bonds. The van der Waals surface area contributed by atoms with Gasteiger partial charge in [-0.2, -0.15) is 0 Å². The molecule has 5 nitrogen and oxygen atoms in total. The number of nitrogens with zero attached hydrogens (tertiary/aromatic N) is 3. The Morgan fingerprint density at radius 3 is 2.83 bits per heavy atom. The number of benzene rings is 2. The zero-order chi connectivity index (χ0) is 25.2. The van der Waals surface area contributed by atoms with Gasteiger partial charge in [-0.25, -0.2) is 0 Å². The van der Waals surface area contributed by atoms with Crippen LogP contribution in [-0.2, 0) is 6.54 Å². The molecular weight excluding hydrogens is 442 g/mol. The Morgan fingerprint density at radius 2 is 2.06 bits per heavy atom. The molecule has 0 aromatic heterocycles. The first-order chi connectivity index (χ1) is 17.7. The van der Waals surface area contributed by atoms with Crippen LogP contribution in [-0.4, -0.2) is 30.5 Å². The minimum absolute atomic E-state index is 0.0201. The Morgan fingerprint density at radius 1 is 1.17 bits per heavy atom. The topological polar surface area (TPSA) is 66.0 Å². The summed E-state index contributed by atoms with van der Waals surface area (Å²) in [5.41, 5.74) is 13.2. The van der Waals surface area contributed by atoms with Crippen molar-refractivity contribution >= 4 is 12.4 Å².